The first-order valence-corrected chi connectivity index (χ1v) is 7.84. The highest BCUT2D eigenvalue weighted by Gasteiger charge is 2.02. The van der Waals surface area contributed by atoms with E-state index in [2.05, 4.69) is 25.7 Å². The zero-order valence-corrected chi connectivity index (χ0v) is 16.3. The van der Waals surface area contributed by atoms with Crippen molar-refractivity contribution in [2.45, 2.75) is 20.0 Å². The van der Waals surface area contributed by atoms with Gasteiger partial charge in [-0.05, 0) is 42.8 Å². The maximum absolute atomic E-state index is 5.32. The molecule has 2 N–H and O–H groups in total. The molecule has 0 spiro atoms. The molecule has 0 saturated heterocycles. The number of furan rings is 1. The summed E-state index contributed by atoms with van der Waals surface area (Å²) < 4.78 is 7.05. The molecule has 132 valence electrons. The molecule has 0 aliphatic carbocycles. The van der Waals surface area contributed by atoms with Crippen LogP contribution >= 0.6 is 24.0 Å². The molecule has 3 aromatic rings. The summed E-state index contributed by atoms with van der Waals surface area (Å²) in [7, 11) is 0. The summed E-state index contributed by atoms with van der Waals surface area (Å²) in [5.74, 6) is 2.39. The molecular weight excluding hydrogens is 431 g/mol. The molecule has 3 aromatic heterocycles. The summed E-state index contributed by atoms with van der Waals surface area (Å²) in [4.78, 5) is 8.92. The summed E-state index contributed by atoms with van der Waals surface area (Å²) in [6.07, 6.45) is 7.03. The van der Waals surface area contributed by atoms with E-state index in [-0.39, 0.29) is 24.0 Å². The Morgan fingerprint density at radius 3 is 2.88 bits per heavy atom. The van der Waals surface area contributed by atoms with Crippen molar-refractivity contribution in [2.24, 2.45) is 4.99 Å². The molecule has 0 aliphatic heterocycles. The molecule has 0 amide bonds. The van der Waals surface area contributed by atoms with Gasteiger partial charge in [-0.3, -0.25) is 0 Å². The van der Waals surface area contributed by atoms with Crippen LogP contribution in [0.15, 0.2) is 64.6 Å². The lowest BCUT2D eigenvalue weighted by atomic mass is 10.2. The topological polar surface area (TPSA) is 80.3 Å². The molecule has 0 saturated carbocycles. The lowest BCUT2D eigenvalue weighted by molar-refractivity contribution is 0.501. The molecule has 0 radical (unpaired) electrons. The number of nitrogens with zero attached hydrogens (tertiary/aromatic N) is 4. The number of rotatable bonds is 6. The van der Waals surface area contributed by atoms with Crippen LogP contribution in [0, 0.1) is 0 Å². The van der Waals surface area contributed by atoms with Crippen LogP contribution in [0.25, 0.3) is 5.82 Å². The summed E-state index contributed by atoms with van der Waals surface area (Å²) >= 11 is 0. The van der Waals surface area contributed by atoms with Crippen LogP contribution in [0.1, 0.15) is 18.2 Å². The van der Waals surface area contributed by atoms with E-state index >= 15 is 0 Å². The maximum atomic E-state index is 5.32. The number of guanidine groups is 1. The van der Waals surface area contributed by atoms with Crippen molar-refractivity contribution >= 4 is 29.9 Å². The normalized spacial score (nSPS) is 11.0. The Kier molecular flexibility index (Phi) is 7.45. The van der Waals surface area contributed by atoms with E-state index in [9.17, 15) is 0 Å². The number of nitrogens with one attached hydrogen (secondary N) is 2. The van der Waals surface area contributed by atoms with Crippen LogP contribution in [0.3, 0.4) is 0 Å². The predicted octanol–water partition coefficient (Wildman–Crippen LogP) is 2.73. The molecule has 0 aliphatic rings. The van der Waals surface area contributed by atoms with Crippen molar-refractivity contribution in [1.82, 2.24) is 25.4 Å². The van der Waals surface area contributed by atoms with Crippen molar-refractivity contribution in [2.75, 3.05) is 6.54 Å². The van der Waals surface area contributed by atoms with Gasteiger partial charge in [0.1, 0.15) is 5.76 Å². The lowest BCUT2D eigenvalue weighted by Gasteiger charge is -2.10. The summed E-state index contributed by atoms with van der Waals surface area (Å²) in [5.41, 5.74) is 1.06. The SMILES string of the molecule is CCNC(=NCc1ccnc(-n2cccn2)c1)NCc1ccco1.I. The van der Waals surface area contributed by atoms with Crippen LogP contribution in [0.5, 0.6) is 0 Å². The fraction of sp³-hybridized carbons (Fsp3) is 0.235. The smallest absolute Gasteiger partial charge is 0.191 e. The van der Waals surface area contributed by atoms with Gasteiger partial charge in [-0.15, -0.1) is 24.0 Å². The van der Waals surface area contributed by atoms with Crippen molar-refractivity contribution in [3.8, 4) is 5.82 Å². The van der Waals surface area contributed by atoms with Crippen LogP contribution < -0.4 is 10.6 Å². The molecule has 8 heteroatoms. The quantitative estimate of drug-likeness (QED) is 0.342. The van der Waals surface area contributed by atoms with Crippen LogP contribution in [-0.4, -0.2) is 27.3 Å². The molecule has 3 rings (SSSR count). The standard InChI is InChI=1S/C17H20N6O.HI/c1-2-18-17(21-13-15-5-3-10-24-15)20-12-14-6-8-19-16(11-14)23-9-4-7-22-23;/h3-11H,2,12-13H2,1H3,(H2,18,20,21);1H. The Bertz CT molecular complexity index is 770. The van der Waals surface area contributed by atoms with Gasteiger partial charge in [0.2, 0.25) is 0 Å². The molecule has 0 fully saturated rings. The lowest BCUT2D eigenvalue weighted by Crippen LogP contribution is -2.36. The van der Waals surface area contributed by atoms with Gasteiger partial charge >= 0.3 is 0 Å². The third-order valence-corrected chi connectivity index (χ3v) is 3.32. The van der Waals surface area contributed by atoms with Gasteiger partial charge in [0.15, 0.2) is 11.8 Å². The van der Waals surface area contributed by atoms with Gasteiger partial charge in [-0.25, -0.2) is 14.7 Å². The number of aromatic nitrogens is 3. The number of pyridine rings is 1. The third kappa shape index (κ3) is 5.59. The molecule has 0 bridgehead atoms. The van der Waals surface area contributed by atoms with E-state index in [4.69, 9.17) is 4.42 Å². The monoisotopic (exact) mass is 452 g/mol. The summed E-state index contributed by atoms with van der Waals surface area (Å²) in [5, 5.41) is 10.7. The molecule has 25 heavy (non-hydrogen) atoms. The number of aliphatic imine (C=N–C) groups is 1. The average molecular weight is 452 g/mol. The zero-order chi connectivity index (χ0) is 16.6. The maximum Gasteiger partial charge on any atom is 0.191 e. The highest BCUT2D eigenvalue weighted by Crippen LogP contribution is 2.07. The van der Waals surface area contributed by atoms with Crippen molar-refractivity contribution < 1.29 is 4.42 Å². The Morgan fingerprint density at radius 2 is 2.16 bits per heavy atom. The second kappa shape index (κ2) is 9.82. The highest BCUT2D eigenvalue weighted by molar-refractivity contribution is 14.0. The zero-order valence-electron chi connectivity index (χ0n) is 13.9. The van der Waals surface area contributed by atoms with Crippen LogP contribution in [0.4, 0.5) is 0 Å². The first-order valence-electron chi connectivity index (χ1n) is 7.84. The van der Waals surface area contributed by atoms with Crippen molar-refractivity contribution in [3.63, 3.8) is 0 Å². The number of halogens is 1. The minimum Gasteiger partial charge on any atom is -0.467 e. The van der Waals surface area contributed by atoms with E-state index < -0.39 is 0 Å². The van der Waals surface area contributed by atoms with Crippen LogP contribution in [0.2, 0.25) is 0 Å². The number of hydrogen-bond acceptors (Lipinski definition) is 4. The van der Waals surface area contributed by atoms with Gasteiger partial charge in [-0.1, -0.05) is 0 Å². The van der Waals surface area contributed by atoms with Gasteiger partial charge in [0.05, 0.1) is 19.4 Å². The van der Waals surface area contributed by atoms with E-state index in [1.807, 2.05) is 43.5 Å². The summed E-state index contributed by atoms with van der Waals surface area (Å²) in [6, 6.07) is 9.60. The Labute approximate surface area is 163 Å². The van der Waals surface area contributed by atoms with Crippen molar-refractivity contribution in [1.29, 1.82) is 0 Å². The molecule has 0 aromatic carbocycles. The van der Waals surface area contributed by atoms with Crippen molar-refractivity contribution in [3.05, 3.63) is 66.5 Å². The van der Waals surface area contributed by atoms with Gasteiger partial charge in [0.25, 0.3) is 0 Å². The third-order valence-electron chi connectivity index (χ3n) is 3.32. The molecule has 7 nitrogen and oxygen atoms in total. The Morgan fingerprint density at radius 1 is 1.24 bits per heavy atom. The first kappa shape index (κ1) is 19.0. The largest absolute Gasteiger partial charge is 0.467 e. The fourth-order valence-corrected chi connectivity index (χ4v) is 2.18. The fourth-order valence-electron chi connectivity index (χ4n) is 2.18. The second-order valence-corrected chi connectivity index (χ2v) is 5.10. The average Bonchev–Trinajstić information content (AvgIpc) is 3.31. The molecule has 3 heterocycles. The Balaban J connectivity index is 0.00000225. The molecular formula is C17H21IN6O. The minimum absolute atomic E-state index is 0. The van der Waals surface area contributed by atoms with E-state index in [1.54, 1.807) is 23.3 Å². The predicted molar refractivity (Wildman–Crippen MR) is 107 cm³/mol. The second-order valence-electron chi connectivity index (χ2n) is 5.10. The Hall–Kier alpha value is -2.36. The molecule has 0 atom stereocenters. The van der Waals surface area contributed by atoms with Gasteiger partial charge in [-0.2, -0.15) is 5.10 Å². The van der Waals surface area contributed by atoms with Crippen LogP contribution in [-0.2, 0) is 13.1 Å². The van der Waals surface area contributed by atoms with Gasteiger partial charge in [0, 0.05) is 25.1 Å². The number of hydrogen-bond donors (Lipinski definition) is 2. The van der Waals surface area contributed by atoms with E-state index in [1.165, 1.54) is 0 Å². The minimum atomic E-state index is 0. The van der Waals surface area contributed by atoms with E-state index in [0.29, 0.717) is 13.1 Å². The van der Waals surface area contributed by atoms with Gasteiger partial charge < -0.3 is 15.1 Å². The highest BCUT2D eigenvalue weighted by atomic mass is 127. The summed E-state index contributed by atoms with van der Waals surface area (Å²) in [6.45, 7) is 3.96. The first-order chi connectivity index (χ1) is 11.8. The van der Waals surface area contributed by atoms with E-state index in [0.717, 1.165) is 29.6 Å². The molecule has 0 unspecified atom stereocenters.